The summed E-state index contributed by atoms with van der Waals surface area (Å²) in [4.78, 5) is 13.2. The predicted molar refractivity (Wildman–Crippen MR) is 62.3 cm³/mol. The second-order valence-corrected chi connectivity index (χ2v) is 4.82. The number of carboxylic acids is 1. The summed E-state index contributed by atoms with van der Waals surface area (Å²) in [6, 6.07) is 0. The lowest BCUT2D eigenvalue weighted by Gasteiger charge is -2.14. The van der Waals surface area contributed by atoms with Gasteiger partial charge in [0, 0.05) is 19.7 Å². The summed E-state index contributed by atoms with van der Waals surface area (Å²) in [7, 11) is 0. The monoisotopic (exact) mass is 229 g/mol. The smallest absolute Gasteiger partial charge is 0.308 e. The van der Waals surface area contributed by atoms with Crippen LogP contribution < -0.4 is 0 Å². The van der Waals surface area contributed by atoms with Gasteiger partial charge in [-0.15, -0.1) is 0 Å². The van der Waals surface area contributed by atoms with Crippen LogP contribution in [0.3, 0.4) is 0 Å². The maximum Gasteiger partial charge on any atom is 0.308 e. The van der Waals surface area contributed by atoms with E-state index in [1.165, 1.54) is 0 Å². The molecule has 4 nitrogen and oxygen atoms in total. The molecule has 0 bridgehead atoms. The summed E-state index contributed by atoms with van der Waals surface area (Å²) in [5, 5.41) is 17.6. The molecular formula is C12H23NO3. The van der Waals surface area contributed by atoms with Gasteiger partial charge in [0.05, 0.1) is 5.92 Å². The SMILES string of the molecule is C[C@@H]1CN(CCCCCCO)C[C@H]1C(=O)O. The van der Waals surface area contributed by atoms with Crippen molar-refractivity contribution in [2.45, 2.75) is 32.6 Å². The molecule has 4 heteroatoms. The van der Waals surface area contributed by atoms with E-state index in [-0.39, 0.29) is 18.4 Å². The molecule has 16 heavy (non-hydrogen) atoms. The van der Waals surface area contributed by atoms with E-state index in [1.54, 1.807) is 0 Å². The first-order chi connectivity index (χ1) is 7.65. The van der Waals surface area contributed by atoms with Crippen LogP contribution in [0.5, 0.6) is 0 Å². The normalized spacial score (nSPS) is 26.1. The highest BCUT2D eigenvalue weighted by atomic mass is 16.4. The van der Waals surface area contributed by atoms with Gasteiger partial charge in [-0.05, 0) is 25.3 Å². The van der Waals surface area contributed by atoms with Crippen LogP contribution in [0.4, 0.5) is 0 Å². The van der Waals surface area contributed by atoms with Gasteiger partial charge in [-0.25, -0.2) is 0 Å². The summed E-state index contributed by atoms with van der Waals surface area (Å²) in [5.41, 5.74) is 0. The number of aliphatic hydroxyl groups excluding tert-OH is 1. The van der Waals surface area contributed by atoms with Gasteiger partial charge < -0.3 is 15.1 Å². The van der Waals surface area contributed by atoms with Gasteiger partial charge in [0.1, 0.15) is 0 Å². The van der Waals surface area contributed by atoms with E-state index in [2.05, 4.69) is 4.90 Å². The van der Waals surface area contributed by atoms with Crippen LogP contribution >= 0.6 is 0 Å². The molecule has 0 aliphatic carbocycles. The molecule has 0 radical (unpaired) electrons. The van der Waals surface area contributed by atoms with Crippen molar-refractivity contribution >= 4 is 5.97 Å². The van der Waals surface area contributed by atoms with Gasteiger partial charge in [-0.3, -0.25) is 4.79 Å². The molecular weight excluding hydrogens is 206 g/mol. The lowest BCUT2D eigenvalue weighted by atomic mass is 9.99. The zero-order valence-corrected chi connectivity index (χ0v) is 10.1. The molecule has 0 unspecified atom stereocenters. The number of likely N-dealkylation sites (tertiary alicyclic amines) is 1. The Hall–Kier alpha value is -0.610. The van der Waals surface area contributed by atoms with Gasteiger partial charge in [-0.1, -0.05) is 19.8 Å². The molecule has 1 fully saturated rings. The third-order valence-corrected chi connectivity index (χ3v) is 3.39. The Balaban J connectivity index is 2.13. The molecule has 1 heterocycles. The first kappa shape index (κ1) is 13.5. The number of unbranched alkanes of at least 4 members (excludes halogenated alkanes) is 3. The fourth-order valence-corrected chi connectivity index (χ4v) is 2.37. The minimum atomic E-state index is -0.657. The Labute approximate surface area is 97.3 Å². The summed E-state index contributed by atoms with van der Waals surface area (Å²) in [5.74, 6) is -0.567. The molecule has 0 amide bonds. The second kappa shape index (κ2) is 6.86. The van der Waals surface area contributed by atoms with Crippen molar-refractivity contribution in [1.29, 1.82) is 0 Å². The fraction of sp³-hybridized carbons (Fsp3) is 0.917. The molecule has 0 aromatic rings. The maximum absolute atomic E-state index is 10.9. The summed E-state index contributed by atoms with van der Waals surface area (Å²) >= 11 is 0. The highest BCUT2D eigenvalue weighted by Crippen LogP contribution is 2.23. The van der Waals surface area contributed by atoms with Gasteiger partial charge >= 0.3 is 5.97 Å². The average molecular weight is 229 g/mol. The van der Waals surface area contributed by atoms with Crippen molar-refractivity contribution in [3.63, 3.8) is 0 Å². The maximum atomic E-state index is 10.9. The van der Waals surface area contributed by atoms with Crippen molar-refractivity contribution in [2.75, 3.05) is 26.2 Å². The Morgan fingerprint density at radius 2 is 1.94 bits per heavy atom. The molecule has 2 atom stereocenters. The van der Waals surface area contributed by atoms with Crippen LogP contribution in [0.2, 0.25) is 0 Å². The number of rotatable bonds is 7. The van der Waals surface area contributed by atoms with Crippen LogP contribution in [-0.4, -0.2) is 47.3 Å². The van der Waals surface area contributed by atoms with E-state index in [1.807, 2.05) is 6.92 Å². The van der Waals surface area contributed by atoms with Crippen molar-refractivity contribution in [3.05, 3.63) is 0 Å². The zero-order chi connectivity index (χ0) is 12.0. The van der Waals surface area contributed by atoms with Crippen LogP contribution in [0, 0.1) is 11.8 Å². The van der Waals surface area contributed by atoms with Crippen LogP contribution in [-0.2, 0) is 4.79 Å². The van der Waals surface area contributed by atoms with Gasteiger partial charge in [-0.2, -0.15) is 0 Å². The number of aliphatic carboxylic acids is 1. The average Bonchev–Trinajstić information content (AvgIpc) is 2.59. The standard InChI is InChI=1S/C12H23NO3/c1-10-8-13(9-11(10)12(15)16)6-4-2-3-5-7-14/h10-11,14H,2-9H2,1H3,(H,15,16)/t10-,11-/m1/s1. The first-order valence-electron chi connectivity index (χ1n) is 6.21. The Kier molecular flexibility index (Phi) is 5.77. The number of hydrogen-bond donors (Lipinski definition) is 2. The summed E-state index contributed by atoms with van der Waals surface area (Å²) in [6.45, 7) is 4.92. The molecule has 0 aromatic heterocycles. The highest BCUT2D eigenvalue weighted by Gasteiger charge is 2.33. The molecule has 2 N–H and O–H groups in total. The topological polar surface area (TPSA) is 60.8 Å². The second-order valence-electron chi connectivity index (χ2n) is 4.82. The lowest BCUT2D eigenvalue weighted by Crippen LogP contribution is -2.24. The minimum Gasteiger partial charge on any atom is -0.481 e. The van der Waals surface area contributed by atoms with E-state index in [0.717, 1.165) is 38.8 Å². The summed E-state index contributed by atoms with van der Waals surface area (Å²) < 4.78 is 0. The van der Waals surface area contributed by atoms with Gasteiger partial charge in [0.15, 0.2) is 0 Å². The molecule has 1 aliphatic rings. The van der Waals surface area contributed by atoms with Crippen molar-refractivity contribution in [3.8, 4) is 0 Å². The van der Waals surface area contributed by atoms with Crippen molar-refractivity contribution in [1.82, 2.24) is 4.90 Å². The van der Waals surface area contributed by atoms with E-state index < -0.39 is 5.97 Å². The molecule has 0 saturated carbocycles. The number of nitrogens with zero attached hydrogens (tertiary/aromatic N) is 1. The van der Waals surface area contributed by atoms with E-state index in [4.69, 9.17) is 10.2 Å². The number of aliphatic hydroxyl groups is 1. The third-order valence-electron chi connectivity index (χ3n) is 3.39. The predicted octanol–water partition coefficient (Wildman–Crippen LogP) is 1.19. The molecule has 1 rings (SSSR count). The molecule has 1 aliphatic heterocycles. The van der Waals surface area contributed by atoms with E-state index >= 15 is 0 Å². The van der Waals surface area contributed by atoms with Crippen LogP contribution in [0.15, 0.2) is 0 Å². The van der Waals surface area contributed by atoms with Gasteiger partial charge in [0.25, 0.3) is 0 Å². The molecule has 0 aromatic carbocycles. The first-order valence-corrected chi connectivity index (χ1v) is 6.21. The Morgan fingerprint density at radius 3 is 2.50 bits per heavy atom. The number of hydrogen-bond acceptors (Lipinski definition) is 3. The summed E-state index contributed by atoms with van der Waals surface area (Å²) in [6.07, 6.45) is 4.19. The molecule has 0 spiro atoms. The highest BCUT2D eigenvalue weighted by molar-refractivity contribution is 5.71. The molecule has 94 valence electrons. The Bertz CT molecular complexity index is 220. The lowest BCUT2D eigenvalue weighted by molar-refractivity contribution is -0.142. The third kappa shape index (κ3) is 4.10. The van der Waals surface area contributed by atoms with E-state index in [9.17, 15) is 4.79 Å². The molecule has 1 saturated heterocycles. The number of carboxylic acid groups (broad SMARTS) is 1. The van der Waals surface area contributed by atoms with Crippen LogP contribution in [0.1, 0.15) is 32.6 Å². The number of carbonyl (C=O) groups is 1. The van der Waals surface area contributed by atoms with E-state index in [0.29, 0.717) is 6.54 Å². The Morgan fingerprint density at radius 1 is 1.25 bits per heavy atom. The largest absolute Gasteiger partial charge is 0.481 e. The van der Waals surface area contributed by atoms with Crippen molar-refractivity contribution < 1.29 is 15.0 Å². The van der Waals surface area contributed by atoms with Gasteiger partial charge in [0.2, 0.25) is 0 Å². The van der Waals surface area contributed by atoms with Crippen molar-refractivity contribution in [2.24, 2.45) is 11.8 Å². The van der Waals surface area contributed by atoms with Crippen LogP contribution in [0.25, 0.3) is 0 Å². The quantitative estimate of drug-likeness (QED) is 0.644. The fourth-order valence-electron chi connectivity index (χ4n) is 2.37. The zero-order valence-electron chi connectivity index (χ0n) is 10.1. The minimum absolute atomic E-state index is 0.183.